The largest absolute Gasteiger partial charge is 0.465 e. The van der Waals surface area contributed by atoms with Gasteiger partial charge in [-0.05, 0) is 26.7 Å². The van der Waals surface area contributed by atoms with E-state index in [1.165, 1.54) is 6.92 Å². The van der Waals surface area contributed by atoms with Crippen molar-refractivity contribution >= 4 is 5.97 Å². The topological polar surface area (TPSA) is 116 Å². The molecular weight excluding hydrogens is 292 g/mol. The molecule has 0 aromatic carbocycles. The molecule has 2 bridgehead atoms. The molecule has 1 saturated carbocycles. The van der Waals surface area contributed by atoms with Gasteiger partial charge in [-0.2, -0.15) is 0 Å². The van der Waals surface area contributed by atoms with Crippen molar-refractivity contribution in [2.24, 2.45) is 10.8 Å². The zero-order chi connectivity index (χ0) is 16.4. The van der Waals surface area contributed by atoms with Gasteiger partial charge in [0.2, 0.25) is 5.79 Å². The SMILES string of the molecule is CC1(O)CCC23OC4(O)C(O)C12CC(=O)OCC3(C)C4(C)O. The molecule has 3 saturated heterocycles. The lowest BCUT2D eigenvalue weighted by Crippen LogP contribution is -2.76. The van der Waals surface area contributed by atoms with Gasteiger partial charge in [-0.1, -0.05) is 6.92 Å². The summed E-state index contributed by atoms with van der Waals surface area (Å²) in [5, 5.41) is 43.8. The third-order valence-electron chi connectivity index (χ3n) is 7.42. The van der Waals surface area contributed by atoms with Crippen molar-refractivity contribution in [1.29, 1.82) is 0 Å². The van der Waals surface area contributed by atoms with Gasteiger partial charge in [0, 0.05) is 0 Å². The van der Waals surface area contributed by atoms with Crippen LogP contribution in [0.25, 0.3) is 0 Å². The lowest BCUT2D eigenvalue weighted by Gasteiger charge is -2.58. The number of ether oxygens (including phenoxy) is 2. The molecule has 0 aromatic heterocycles. The van der Waals surface area contributed by atoms with E-state index in [1.807, 2.05) is 0 Å². The first-order valence-electron chi connectivity index (χ1n) is 7.63. The molecule has 4 rings (SSSR count). The number of carbonyl (C=O) groups excluding carboxylic acids is 1. The van der Waals surface area contributed by atoms with Crippen LogP contribution in [0.1, 0.15) is 40.0 Å². The van der Waals surface area contributed by atoms with E-state index in [9.17, 15) is 25.2 Å². The summed E-state index contributed by atoms with van der Waals surface area (Å²) < 4.78 is 11.1. The Hall–Kier alpha value is -0.730. The van der Waals surface area contributed by atoms with E-state index in [2.05, 4.69) is 0 Å². The molecule has 4 N–H and O–H groups in total. The van der Waals surface area contributed by atoms with Crippen LogP contribution in [-0.2, 0) is 14.3 Å². The number of aliphatic hydroxyl groups is 4. The van der Waals surface area contributed by atoms with E-state index in [1.54, 1.807) is 13.8 Å². The molecule has 22 heavy (non-hydrogen) atoms. The number of carbonyl (C=O) groups is 1. The first kappa shape index (κ1) is 14.8. The van der Waals surface area contributed by atoms with Crippen LogP contribution in [0.3, 0.4) is 0 Å². The normalized spacial score (nSPS) is 66.1. The summed E-state index contributed by atoms with van der Waals surface area (Å²) in [4.78, 5) is 12.2. The van der Waals surface area contributed by atoms with E-state index < -0.39 is 45.5 Å². The van der Waals surface area contributed by atoms with Gasteiger partial charge in [-0.25, -0.2) is 0 Å². The summed E-state index contributed by atoms with van der Waals surface area (Å²) in [6.07, 6.45) is -1.22. The van der Waals surface area contributed by atoms with Crippen LogP contribution in [0.15, 0.2) is 0 Å². The third kappa shape index (κ3) is 0.998. The lowest BCUT2D eigenvalue weighted by atomic mass is 9.46. The van der Waals surface area contributed by atoms with Crippen LogP contribution < -0.4 is 0 Å². The van der Waals surface area contributed by atoms with Crippen molar-refractivity contribution in [2.75, 3.05) is 6.61 Å². The molecule has 4 aliphatic rings. The van der Waals surface area contributed by atoms with Gasteiger partial charge in [0.25, 0.3) is 0 Å². The van der Waals surface area contributed by atoms with Gasteiger partial charge in [0.1, 0.15) is 18.3 Å². The minimum absolute atomic E-state index is 0.133. The van der Waals surface area contributed by atoms with E-state index in [0.29, 0.717) is 12.8 Å². The van der Waals surface area contributed by atoms with Crippen molar-refractivity contribution in [3.8, 4) is 0 Å². The van der Waals surface area contributed by atoms with Gasteiger partial charge in [0.05, 0.1) is 28.5 Å². The van der Waals surface area contributed by atoms with Crippen LogP contribution in [0.5, 0.6) is 0 Å². The Morgan fingerprint density at radius 3 is 2.41 bits per heavy atom. The quantitative estimate of drug-likeness (QED) is 0.426. The van der Waals surface area contributed by atoms with E-state index in [4.69, 9.17) is 9.47 Å². The smallest absolute Gasteiger partial charge is 0.306 e. The molecular formula is C15H22O7. The van der Waals surface area contributed by atoms with Gasteiger partial charge < -0.3 is 29.9 Å². The molecule has 7 unspecified atom stereocenters. The molecule has 3 heterocycles. The fourth-order valence-corrected chi connectivity index (χ4v) is 5.84. The maximum atomic E-state index is 12.2. The zero-order valence-corrected chi connectivity index (χ0v) is 12.9. The molecule has 1 spiro atoms. The Kier molecular flexibility index (Phi) is 2.27. The van der Waals surface area contributed by atoms with Gasteiger partial charge in [-0.15, -0.1) is 0 Å². The Bertz CT molecular complexity index is 586. The monoisotopic (exact) mass is 314 g/mol. The van der Waals surface area contributed by atoms with Crippen LogP contribution in [-0.4, -0.2) is 61.7 Å². The molecule has 124 valence electrons. The van der Waals surface area contributed by atoms with E-state index in [-0.39, 0.29) is 13.0 Å². The number of aliphatic hydroxyl groups excluding tert-OH is 1. The minimum atomic E-state index is -2.25. The van der Waals surface area contributed by atoms with Crippen molar-refractivity contribution in [2.45, 2.75) is 68.7 Å². The summed E-state index contributed by atoms with van der Waals surface area (Å²) >= 11 is 0. The summed E-state index contributed by atoms with van der Waals surface area (Å²) in [7, 11) is 0. The summed E-state index contributed by atoms with van der Waals surface area (Å²) in [6, 6.07) is 0. The molecule has 1 aliphatic carbocycles. The molecule has 7 nitrogen and oxygen atoms in total. The fourth-order valence-electron chi connectivity index (χ4n) is 5.84. The second kappa shape index (κ2) is 3.37. The zero-order valence-electron chi connectivity index (χ0n) is 12.9. The maximum absolute atomic E-state index is 12.2. The maximum Gasteiger partial charge on any atom is 0.306 e. The van der Waals surface area contributed by atoms with Crippen molar-refractivity contribution in [3.05, 3.63) is 0 Å². The van der Waals surface area contributed by atoms with Gasteiger partial charge in [-0.3, -0.25) is 4.79 Å². The fraction of sp³-hybridized carbons (Fsp3) is 0.933. The highest BCUT2D eigenvalue weighted by Crippen LogP contribution is 2.79. The highest BCUT2D eigenvalue weighted by molar-refractivity contribution is 5.73. The summed E-state index contributed by atoms with van der Waals surface area (Å²) in [5.41, 5.74) is -7.01. The van der Waals surface area contributed by atoms with Crippen LogP contribution in [0.2, 0.25) is 0 Å². The first-order chi connectivity index (χ1) is 9.92. The second-order valence-corrected chi connectivity index (χ2v) is 8.02. The van der Waals surface area contributed by atoms with Gasteiger partial charge in [0.15, 0.2) is 0 Å². The molecule has 0 amide bonds. The van der Waals surface area contributed by atoms with Crippen molar-refractivity contribution in [3.63, 3.8) is 0 Å². The van der Waals surface area contributed by atoms with Crippen LogP contribution >= 0.6 is 0 Å². The number of hydrogen-bond donors (Lipinski definition) is 4. The van der Waals surface area contributed by atoms with Crippen molar-refractivity contribution < 1.29 is 34.7 Å². The van der Waals surface area contributed by atoms with Gasteiger partial charge >= 0.3 is 5.97 Å². The number of cyclic esters (lactones) is 1. The summed E-state index contributed by atoms with van der Waals surface area (Å²) in [6.45, 7) is 4.49. The highest BCUT2D eigenvalue weighted by Gasteiger charge is 2.95. The third-order valence-corrected chi connectivity index (χ3v) is 7.42. The standard InChI is InChI=1S/C15H22O7/c1-10-7-21-8(16)6-13-9(17)15(20,12(10,3)19)22-14(10,13)5-4-11(13,2)18/h9,17-20H,4-7H2,1-3H3. The Morgan fingerprint density at radius 2 is 1.77 bits per heavy atom. The van der Waals surface area contributed by atoms with Crippen LogP contribution in [0.4, 0.5) is 0 Å². The number of hydrogen-bond acceptors (Lipinski definition) is 7. The molecule has 7 heteroatoms. The second-order valence-electron chi connectivity index (χ2n) is 8.02. The minimum Gasteiger partial charge on any atom is -0.465 e. The average Bonchev–Trinajstić information content (AvgIpc) is 2.78. The first-order valence-corrected chi connectivity index (χ1v) is 7.63. The molecule has 0 radical (unpaired) electrons. The Balaban J connectivity index is 2.09. The number of rotatable bonds is 0. The molecule has 0 aromatic rings. The average molecular weight is 314 g/mol. The Labute approximate surface area is 127 Å². The predicted molar refractivity (Wildman–Crippen MR) is 71.4 cm³/mol. The van der Waals surface area contributed by atoms with E-state index >= 15 is 0 Å². The van der Waals surface area contributed by atoms with Crippen molar-refractivity contribution in [1.82, 2.24) is 0 Å². The number of fused-ring (bicyclic) bond motifs is 1. The van der Waals surface area contributed by atoms with Crippen LogP contribution in [0, 0.1) is 10.8 Å². The van der Waals surface area contributed by atoms with E-state index in [0.717, 1.165) is 0 Å². The molecule has 3 aliphatic heterocycles. The molecule has 7 atom stereocenters. The lowest BCUT2D eigenvalue weighted by molar-refractivity contribution is -0.303. The Morgan fingerprint density at radius 1 is 1.14 bits per heavy atom. The number of esters is 1. The predicted octanol–water partition coefficient (Wildman–Crippen LogP) is -0.946. The summed E-state index contributed by atoms with van der Waals surface area (Å²) in [5.74, 6) is -2.82. The molecule has 4 fully saturated rings. The highest BCUT2D eigenvalue weighted by atomic mass is 16.7.